The van der Waals surface area contributed by atoms with E-state index >= 15 is 0 Å². The van der Waals surface area contributed by atoms with Crippen LogP contribution in [-0.4, -0.2) is 37.6 Å². The Balaban J connectivity index is 1.49. The van der Waals surface area contributed by atoms with Crippen LogP contribution in [0.25, 0.3) is 5.69 Å². The molecule has 1 aliphatic carbocycles. The van der Waals surface area contributed by atoms with E-state index in [-0.39, 0.29) is 30.3 Å². The largest absolute Gasteiger partial charge is 0.383 e. The SMILES string of the molecule is Nc1ccn(-c2ccc(NC(=O)C3C(c4ccc(F)cc4)C3(Cl)n3ccc(N)nc3=O)cc2CNC(=O)CCF)c(=O)n1. The molecule has 15 heteroatoms. The predicted octanol–water partition coefficient (Wildman–Crippen LogP) is 2.01. The van der Waals surface area contributed by atoms with Gasteiger partial charge in [-0.05, 0) is 53.6 Å². The monoisotopic (exact) mass is 610 g/mol. The van der Waals surface area contributed by atoms with Crippen LogP contribution in [0.4, 0.5) is 26.1 Å². The normalized spacial score (nSPS) is 19.0. The van der Waals surface area contributed by atoms with Gasteiger partial charge in [0.15, 0.2) is 0 Å². The van der Waals surface area contributed by atoms with Crippen LogP contribution in [0.2, 0.25) is 0 Å². The Morgan fingerprint density at radius 3 is 2.30 bits per heavy atom. The third kappa shape index (κ3) is 5.81. The maximum atomic E-state index is 13.7. The molecule has 2 aromatic carbocycles. The number of nitrogens with one attached hydrogen (secondary N) is 2. The van der Waals surface area contributed by atoms with Crippen LogP contribution >= 0.6 is 11.6 Å². The van der Waals surface area contributed by atoms with Gasteiger partial charge in [-0.1, -0.05) is 23.7 Å². The zero-order chi connectivity index (χ0) is 30.9. The zero-order valence-corrected chi connectivity index (χ0v) is 23.1. The van der Waals surface area contributed by atoms with Crippen molar-refractivity contribution < 1.29 is 18.4 Å². The molecule has 3 atom stereocenters. The number of nitrogens with two attached hydrogens (primary N) is 2. The summed E-state index contributed by atoms with van der Waals surface area (Å²) in [6.07, 6.45) is 2.40. The summed E-state index contributed by atoms with van der Waals surface area (Å²) in [6, 6.07) is 12.8. The van der Waals surface area contributed by atoms with Crippen LogP contribution < -0.4 is 33.5 Å². The van der Waals surface area contributed by atoms with Gasteiger partial charge in [0.05, 0.1) is 24.7 Å². The fourth-order valence-corrected chi connectivity index (χ4v) is 5.52. The van der Waals surface area contributed by atoms with Crippen LogP contribution in [0.1, 0.15) is 23.5 Å². The number of benzene rings is 2. The van der Waals surface area contributed by atoms with Gasteiger partial charge in [-0.2, -0.15) is 9.97 Å². The second-order valence-electron chi connectivity index (χ2n) is 9.79. The number of anilines is 3. The second kappa shape index (κ2) is 11.6. The first-order valence-corrected chi connectivity index (χ1v) is 13.3. The maximum Gasteiger partial charge on any atom is 0.354 e. The number of hydrogen-bond acceptors (Lipinski definition) is 8. The van der Waals surface area contributed by atoms with E-state index in [4.69, 9.17) is 23.1 Å². The Hall–Kier alpha value is -5.11. The standard InChI is InChI=1S/C28H25ClF2N8O4/c29-28(39-12-9-21(33)37-27(39)43)23(15-1-3-17(31)4-2-15)24(28)25(41)35-18-5-6-19(38-11-8-20(32)36-26(38)42)16(13-18)14-34-22(40)7-10-30/h1-6,8-9,11-13,23-24H,7,10,14H2,(H,34,40)(H,35,41)(H2,32,36,42)(H2,33,37,43). The van der Waals surface area contributed by atoms with E-state index in [9.17, 15) is 28.0 Å². The number of carbonyl (C=O) groups excluding carboxylic acids is 2. The molecule has 3 unspecified atom stereocenters. The smallest absolute Gasteiger partial charge is 0.354 e. The first kappa shape index (κ1) is 29.4. The molecule has 0 saturated heterocycles. The Kier molecular flexibility index (Phi) is 7.96. The topological polar surface area (TPSA) is 180 Å². The summed E-state index contributed by atoms with van der Waals surface area (Å²) in [4.78, 5) is 56.8. The number of alkyl halides is 2. The van der Waals surface area contributed by atoms with Gasteiger partial charge in [-0.3, -0.25) is 23.1 Å². The number of amides is 2. The summed E-state index contributed by atoms with van der Waals surface area (Å²) in [5.41, 5.74) is 11.3. The number of carbonyl (C=O) groups is 2. The third-order valence-corrected chi connectivity index (χ3v) is 7.68. The lowest BCUT2D eigenvalue weighted by atomic mass is 10.1. The van der Waals surface area contributed by atoms with Gasteiger partial charge >= 0.3 is 11.4 Å². The first-order chi connectivity index (χ1) is 20.5. The van der Waals surface area contributed by atoms with Crippen molar-refractivity contribution in [2.75, 3.05) is 23.5 Å². The fourth-order valence-electron chi connectivity index (χ4n) is 4.98. The molecule has 12 nitrogen and oxygen atoms in total. The molecule has 2 amide bonds. The summed E-state index contributed by atoms with van der Waals surface area (Å²) in [5.74, 6) is -3.36. The molecule has 6 N–H and O–H groups in total. The van der Waals surface area contributed by atoms with Crippen LogP contribution in [0.5, 0.6) is 0 Å². The molecule has 0 aliphatic heterocycles. The van der Waals surface area contributed by atoms with Crippen LogP contribution in [0.15, 0.2) is 76.6 Å². The second-order valence-corrected chi connectivity index (χ2v) is 10.4. The number of nitrogens with zero attached hydrogens (tertiary/aromatic N) is 4. The molecule has 0 spiro atoms. The number of nitrogen functional groups attached to an aromatic ring is 2. The minimum atomic E-state index is -1.58. The Morgan fingerprint density at radius 2 is 1.65 bits per heavy atom. The van der Waals surface area contributed by atoms with Crippen molar-refractivity contribution in [3.8, 4) is 5.69 Å². The summed E-state index contributed by atoms with van der Waals surface area (Å²) in [7, 11) is 0. The lowest BCUT2D eigenvalue weighted by Gasteiger charge is -2.16. The highest BCUT2D eigenvalue weighted by Gasteiger charge is 2.70. The van der Waals surface area contributed by atoms with Gasteiger partial charge in [-0.25, -0.2) is 14.0 Å². The van der Waals surface area contributed by atoms with E-state index in [0.29, 0.717) is 16.8 Å². The van der Waals surface area contributed by atoms with Crippen molar-refractivity contribution in [2.24, 2.45) is 5.92 Å². The summed E-state index contributed by atoms with van der Waals surface area (Å²) >= 11 is 6.97. The predicted molar refractivity (Wildman–Crippen MR) is 155 cm³/mol. The van der Waals surface area contributed by atoms with E-state index in [1.165, 1.54) is 71.6 Å². The Labute approximate surface area is 247 Å². The lowest BCUT2D eigenvalue weighted by Crippen LogP contribution is -2.32. The molecule has 0 bridgehead atoms. The van der Waals surface area contributed by atoms with Gasteiger partial charge in [0.25, 0.3) is 0 Å². The number of hydrogen-bond donors (Lipinski definition) is 4. The summed E-state index contributed by atoms with van der Waals surface area (Å²) in [6.45, 7) is -0.957. The highest BCUT2D eigenvalue weighted by atomic mass is 35.5. The molecule has 1 aliphatic rings. The summed E-state index contributed by atoms with van der Waals surface area (Å²) in [5, 5.41) is 5.35. The molecular weight excluding hydrogens is 586 g/mol. The molecule has 4 aromatic rings. The molecule has 1 saturated carbocycles. The number of aromatic nitrogens is 4. The Morgan fingerprint density at radius 1 is 0.977 bits per heavy atom. The zero-order valence-electron chi connectivity index (χ0n) is 22.3. The van der Waals surface area contributed by atoms with Crippen LogP contribution in [-0.2, 0) is 21.1 Å². The molecule has 222 valence electrons. The van der Waals surface area contributed by atoms with Crippen molar-refractivity contribution in [3.05, 3.63) is 105 Å². The highest BCUT2D eigenvalue weighted by Crippen LogP contribution is 2.65. The average molecular weight is 611 g/mol. The summed E-state index contributed by atoms with van der Waals surface area (Å²) < 4.78 is 28.6. The van der Waals surface area contributed by atoms with E-state index in [1.54, 1.807) is 0 Å². The van der Waals surface area contributed by atoms with Crippen LogP contribution in [0, 0.1) is 11.7 Å². The molecule has 1 fully saturated rings. The molecule has 43 heavy (non-hydrogen) atoms. The van der Waals surface area contributed by atoms with Crippen LogP contribution in [0.3, 0.4) is 0 Å². The van der Waals surface area contributed by atoms with E-state index in [0.717, 1.165) is 4.57 Å². The minimum absolute atomic E-state index is 0.0167. The van der Waals surface area contributed by atoms with Crippen molar-refractivity contribution >= 4 is 40.7 Å². The minimum Gasteiger partial charge on any atom is -0.383 e. The number of halogens is 3. The van der Waals surface area contributed by atoms with Crippen molar-refractivity contribution in [1.82, 2.24) is 24.4 Å². The highest BCUT2D eigenvalue weighted by molar-refractivity contribution is 6.28. The van der Waals surface area contributed by atoms with E-state index in [2.05, 4.69) is 20.6 Å². The van der Waals surface area contributed by atoms with Gasteiger partial charge in [0, 0.05) is 30.5 Å². The van der Waals surface area contributed by atoms with E-state index in [1.807, 2.05) is 0 Å². The van der Waals surface area contributed by atoms with Gasteiger partial charge in [0.2, 0.25) is 11.8 Å². The van der Waals surface area contributed by atoms with Crippen molar-refractivity contribution in [2.45, 2.75) is 23.9 Å². The first-order valence-electron chi connectivity index (χ1n) is 12.9. The molecule has 2 heterocycles. The van der Waals surface area contributed by atoms with Crippen molar-refractivity contribution in [1.29, 1.82) is 0 Å². The van der Waals surface area contributed by atoms with Gasteiger partial charge in [-0.15, -0.1) is 0 Å². The van der Waals surface area contributed by atoms with Gasteiger partial charge in [0.1, 0.15) is 22.5 Å². The fraction of sp³-hybridized carbons (Fsp3) is 0.214. The molecule has 5 rings (SSSR count). The molecule has 0 radical (unpaired) electrons. The average Bonchev–Trinajstić information content (AvgIpc) is 3.59. The quantitative estimate of drug-likeness (QED) is 0.208. The molecule has 2 aromatic heterocycles. The Bertz CT molecular complexity index is 1830. The number of rotatable bonds is 9. The third-order valence-electron chi connectivity index (χ3n) is 7.03. The maximum absolute atomic E-state index is 13.7. The van der Waals surface area contributed by atoms with Gasteiger partial charge < -0.3 is 22.1 Å². The molecular formula is C28H25ClF2N8O4. The van der Waals surface area contributed by atoms with Crippen molar-refractivity contribution in [3.63, 3.8) is 0 Å². The van der Waals surface area contributed by atoms with E-state index < -0.39 is 52.5 Å². The lowest BCUT2D eigenvalue weighted by molar-refractivity contribution is -0.121.